The highest BCUT2D eigenvalue weighted by Gasteiger charge is 2.23. The van der Waals surface area contributed by atoms with Crippen LogP contribution in [0.5, 0.6) is 0 Å². The van der Waals surface area contributed by atoms with Gasteiger partial charge in [-0.15, -0.1) is 10.7 Å². The van der Waals surface area contributed by atoms with Crippen molar-refractivity contribution in [2.75, 3.05) is 23.4 Å². The zero-order valence-electron chi connectivity index (χ0n) is 13.5. The van der Waals surface area contributed by atoms with Crippen molar-refractivity contribution in [1.82, 2.24) is 20.0 Å². The lowest BCUT2D eigenvalue weighted by Crippen LogP contribution is -2.15. The monoisotopic (exact) mass is 444 g/mol. The van der Waals surface area contributed by atoms with Crippen LogP contribution in [0.4, 0.5) is 10.2 Å². The van der Waals surface area contributed by atoms with Crippen LogP contribution in [0, 0.1) is 10.6 Å². The van der Waals surface area contributed by atoms with Crippen molar-refractivity contribution in [3.63, 3.8) is 0 Å². The molecule has 2 aromatic heterocycles. The molecule has 0 saturated heterocycles. The molecule has 0 radical (unpaired) electrons. The van der Waals surface area contributed by atoms with E-state index >= 15 is 0 Å². The van der Waals surface area contributed by atoms with Crippen molar-refractivity contribution in [2.45, 2.75) is 6.92 Å². The fourth-order valence-electron chi connectivity index (χ4n) is 2.14. The summed E-state index contributed by atoms with van der Waals surface area (Å²) in [6, 6.07) is 4.05. The average molecular weight is 445 g/mol. The van der Waals surface area contributed by atoms with Crippen LogP contribution in [0.3, 0.4) is 0 Å². The Morgan fingerprint density at radius 1 is 1.38 bits per heavy atom. The van der Waals surface area contributed by atoms with Gasteiger partial charge in [-0.25, -0.2) is 18.4 Å². The molecule has 0 aliphatic heterocycles. The van der Waals surface area contributed by atoms with Crippen LogP contribution in [-0.2, 0) is 10.7 Å². The second-order valence-electron chi connectivity index (χ2n) is 5.08. The zero-order chi connectivity index (χ0) is 18.7. The smallest absolute Gasteiger partial charge is 0.364 e. The third-order valence-electron chi connectivity index (χ3n) is 3.46. The van der Waals surface area contributed by atoms with Gasteiger partial charge in [0.05, 0.1) is 10.2 Å². The SMILES string of the molecule is CCS(=N)CCNc1nonc1-c1noc(=O)n1-c1ccc(F)c(Br)c1. The highest BCUT2D eigenvalue weighted by atomic mass is 79.9. The molecule has 0 aliphatic carbocycles. The number of nitrogens with zero attached hydrogens (tertiary/aromatic N) is 4. The van der Waals surface area contributed by atoms with E-state index in [1.54, 1.807) is 0 Å². The first-order valence-electron chi connectivity index (χ1n) is 7.51. The van der Waals surface area contributed by atoms with Gasteiger partial charge in [0.15, 0.2) is 5.69 Å². The molecule has 2 N–H and O–H groups in total. The van der Waals surface area contributed by atoms with Crippen molar-refractivity contribution in [1.29, 1.82) is 4.78 Å². The first-order chi connectivity index (χ1) is 12.5. The summed E-state index contributed by atoms with van der Waals surface area (Å²) >= 11 is 3.08. The van der Waals surface area contributed by atoms with Gasteiger partial charge in [0.25, 0.3) is 0 Å². The van der Waals surface area contributed by atoms with Gasteiger partial charge in [0.1, 0.15) is 5.82 Å². The summed E-state index contributed by atoms with van der Waals surface area (Å²) in [6.07, 6.45) is 0. The van der Waals surface area contributed by atoms with Crippen LogP contribution in [0.15, 0.2) is 36.6 Å². The molecule has 0 amide bonds. The number of hydrogen-bond acceptors (Lipinski definition) is 8. The molecule has 0 spiro atoms. The molecule has 12 heteroatoms. The molecule has 2 heterocycles. The van der Waals surface area contributed by atoms with E-state index in [9.17, 15) is 9.18 Å². The zero-order valence-corrected chi connectivity index (χ0v) is 15.9. The Kier molecular flexibility index (Phi) is 5.61. The summed E-state index contributed by atoms with van der Waals surface area (Å²) in [5, 5.41) is 14.3. The minimum Gasteiger partial charge on any atom is -0.364 e. The van der Waals surface area contributed by atoms with Gasteiger partial charge < -0.3 is 5.32 Å². The molecule has 26 heavy (non-hydrogen) atoms. The van der Waals surface area contributed by atoms with Gasteiger partial charge in [-0.1, -0.05) is 12.1 Å². The number of hydrogen-bond donors (Lipinski definition) is 2. The van der Waals surface area contributed by atoms with E-state index in [1.807, 2.05) is 6.92 Å². The second-order valence-corrected chi connectivity index (χ2v) is 7.91. The van der Waals surface area contributed by atoms with Crippen LogP contribution >= 0.6 is 15.9 Å². The number of anilines is 1. The summed E-state index contributed by atoms with van der Waals surface area (Å²) in [6.45, 7) is 2.44. The maximum Gasteiger partial charge on any atom is 0.446 e. The summed E-state index contributed by atoms with van der Waals surface area (Å²) in [4.78, 5) is 12.1. The number of benzene rings is 1. The van der Waals surface area contributed by atoms with E-state index in [0.717, 1.165) is 10.3 Å². The Morgan fingerprint density at radius 3 is 2.92 bits per heavy atom. The van der Waals surface area contributed by atoms with Gasteiger partial charge in [-0.2, -0.15) is 0 Å². The largest absolute Gasteiger partial charge is 0.446 e. The van der Waals surface area contributed by atoms with Gasteiger partial charge in [0.2, 0.25) is 11.6 Å². The standard InChI is InChI=1S/C14H14BrFN6O3S/c1-2-26(17)6-5-18-12-11(19-25-20-12)13-21-24-14(23)22(13)8-3-4-10(16)9(15)7-8/h3-4,7,17H,2,5-6H2,1H3,(H,18,20). The molecule has 0 fully saturated rings. The van der Waals surface area contributed by atoms with Crippen LogP contribution < -0.4 is 11.1 Å². The Balaban J connectivity index is 1.94. The summed E-state index contributed by atoms with van der Waals surface area (Å²) in [7, 11) is -0.446. The second kappa shape index (κ2) is 7.91. The van der Waals surface area contributed by atoms with E-state index in [-0.39, 0.29) is 21.8 Å². The molecule has 3 aromatic rings. The number of aromatic nitrogens is 4. The van der Waals surface area contributed by atoms with E-state index in [1.165, 1.54) is 18.2 Å². The summed E-state index contributed by atoms with van der Waals surface area (Å²) in [5.74, 6) is 0.532. The maximum absolute atomic E-state index is 13.5. The lowest BCUT2D eigenvalue weighted by Gasteiger charge is -2.06. The summed E-state index contributed by atoms with van der Waals surface area (Å²) in [5.41, 5.74) is 0.518. The van der Waals surface area contributed by atoms with Gasteiger partial charge in [-0.3, -0.25) is 9.30 Å². The molecule has 0 bridgehead atoms. The fourth-order valence-corrected chi connectivity index (χ4v) is 3.14. The first kappa shape index (κ1) is 18.5. The Labute approximate surface area is 157 Å². The molecule has 1 atom stereocenters. The third kappa shape index (κ3) is 3.75. The minimum atomic E-state index is -0.758. The van der Waals surface area contributed by atoms with E-state index in [2.05, 4.69) is 36.7 Å². The van der Waals surface area contributed by atoms with Crippen molar-refractivity contribution in [2.24, 2.45) is 0 Å². The normalized spacial score (nSPS) is 12.3. The molecule has 1 aromatic carbocycles. The average Bonchev–Trinajstić information content (AvgIpc) is 3.23. The van der Waals surface area contributed by atoms with E-state index < -0.39 is 22.3 Å². The Hall–Kier alpha value is -2.34. The molecular formula is C14H14BrFN6O3S. The van der Waals surface area contributed by atoms with Crippen molar-refractivity contribution in [3.8, 4) is 17.2 Å². The number of halogens is 2. The Bertz CT molecular complexity index is 1000. The molecular weight excluding hydrogens is 431 g/mol. The first-order valence-corrected chi connectivity index (χ1v) is 9.86. The predicted octanol–water partition coefficient (Wildman–Crippen LogP) is 2.59. The van der Waals surface area contributed by atoms with Crippen molar-refractivity contribution < 1.29 is 13.5 Å². The van der Waals surface area contributed by atoms with Crippen LogP contribution in [0.25, 0.3) is 17.2 Å². The quantitative estimate of drug-likeness (QED) is 0.573. The van der Waals surface area contributed by atoms with E-state index in [0.29, 0.717) is 18.0 Å². The van der Waals surface area contributed by atoms with Gasteiger partial charge in [0, 0.05) is 18.1 Å². The topological polar surface area (TPSA) is 123 Å². The summed E-state index contributed by atoms with van der Waals surface area (Å²) < 4.78 is 32.1. The van der Waals surface area contributed by atoms with Gasteiger partial charge >= 0.3 is 5.76 Å². The van der Waals surface area contributed by atoms with Crippen LogP contribution in [0.1, 0.15) is 6.92 Å². The molecule has 1 unspecified atom stereocenters. The maximum atomic E-state index is 13.5. The minimum absolute atomic E-state index is 0.0672. The molecule has 9 nitrogen and oxygen atoms in total. The van der Waals surface area contributed by atoms with Crippen molar-refractivity contribution >= 4 is 32.4 Å². The lowest BCUT2D eigenvalue weighted by atomic mass is 10.3. The molecule has 138 valence electrons. The number of nitrogens with one attached hydrogen (secondary N) is 2. The predicted molar refractivity (Wildman–Crippen MR) is 97.0 cm³/mol. The highest BCUT2D eigenvalue weighted by Crippen LogP contribution is 2.26. The lowest BCUT2D eigenvalue weighted by molar-refractivity contribution is 0.309. The molecule has 0 aliphatic rings. The van der Waals surface area contributed by atoms with Crippen molar-refractivity contribution in [3.05, 3.63) is 39.0 Å². The third-order valence-corrected chi connectivity index (χ3v) is 5.46. The Morgan fingerprint density at radius 2 is 2.19 bits per heavy atom. The van der Waals surface area contributed by atoms with E-state index in [4.69, 9.17) is 13.9 Å². The van der Waals surface area contributed by atoms with Crippen LogP contribution in [-0.4, -0.2) is 38.1 Å². The highest BCUT2D eigenvalue weighted by molar-refractivity contribution is 9.10. The number of rotatable bonds is 7. The fraction of sp³-hybridized carbons (Fsp3) is 0.286. The van der Waals surface area contributed by atoms with Gasteiger partial charge in [-0.05, 0) is 44.4 Å². The molecule has 3 rings (SSSR count). The van der Waals surface area contributed by atoms with Crippen LogP contribution in [0.2, 0.25) is 0 Å². The molecule has 0 saturated carbocycles.